The number of hydrogen-bond acceptors (Lipinski definition) is 0. The van der Waals surface area contributed by atoms with Crippen molar-refractivity contribution in [2.45, 2.75) is 65.7 Å². The SMILES string of the molecule is CCCCCC[CH]CCC(C)C. The van der Waals surface area contributed by atoms with E-state index < -0.39 is 0 Å². The maximum absolute atomic E-state index is 2.47. The van der Waals surface area contributed by atoms with Crippen molar-refractivity contribution in [2.75, 3.05) is 0 Å². The Bertz CT molecular complexity index is 74.1. The van der Waals surface area contributed by atoms with Crippen molar-refractivity contribution in [2.24, 2.45) is 5.92 Å². The van der Waals surface area contributed by atoms with Gasteiger partial charge in [-0.05, 0) is 18.8 Å². The number of unbranched alkanes of at least 4 members (excludes halogenated alkanes) is 6. The van der Waals surface area contributed by atoms with E-state index in [2.05, 4.69) is 27.2 Å². The van der Waals surface area contributed by atoms with Crippen molar-refractivity contribution in [1.82, 2.24) is 0 Å². The molecule has 0 aliphatic heterocycles. The van der Waals surface area contributed by atoms with Crippen molar-refractivity contribution in [3.05, 3.63) is 6.42 Å². The van der Waals surface area contributed by atoms with Crippen LogP contribution in [0.15, 0.2) is 0 Å². The molecule has 73 valence electrons. The fourth-order valence-electron chi connectivity index (χ4n) is 1.31. The molecule has 0 spiro atoms. The van der Waals surface area contributed by atoms with Crippen LogP contribution in [0.2, 0.25) is 0 Å². The highest BCUT2D eigenvalue weighted by molar-refractivity contribution is 4.65. The van der Waals surface area contributed by atoms with Crippen molar-refractivity contribution in [1.29, 1.82) is 0 Å². The molecule has 0 heteroatoms. The first kappa shape index (κ1) is 12.0. The Morgan fingerprint density at radius 3 is 2.33 bits per heavy atom. The minimum Gasteiger partial charge on any atom is -0.0654 e. The van der Waals surface area contributed by atoms with Gasteiger partial charge in [0.25, 0.3) is 0 Å². The smallest absolute Gasteiger partial charge is 0.0386 e. The fraction of sp³-hybridized carbons (Fsp3) is 0.917. The summed E-state index contributed by atoms with van der Waals surface area (Å²) in [5, 5.41) is 0. The molecule has 0 unspecified atom stereocenters. The molecule has 0 aromatic rings. The Morgan fingerprint density at radius 2 is 1.75 bits per heavy atom. The van der Waals surface area contributed by atoms with Gasteiger partial charge in [0.05, 0.1) is 0 Å². The molecule has 0 aliphatic rings. The topological polar surface area (TPSA) is 0 Å². The standard InChI is InChI=1S/C12H25/c1-4-5-6-7-8-9-10-11-12(2)3/h9,12H,4-8,10-11H2,1-3H3. The molecule has 0 aromatic carbocycles. The molecule has 0 saturated heterocycles. The van der Waals surface area contributed by atoms with Crippen LogP contribution in [-0.4, -0.2) is 0 Å². The van der Waals surface area contributed by atoms with Crippen LogP contribution in [0.25, 0.3) is 0 Å². The van der Waals surface area contributed by atoms with E-state index in [1.807, 2.05) is 0 Å². The third-order valence-corrected chi connectivity index (χ3v) is 2.21. The average Bonchev–Trinajstić information content (AvgIpc) is 2.02. The second-order valence-electron chi connectivity index (χ2n) is 4.11. The van der Waals surface area contributed by atoms with Gasteiger partial charge in [0.15, 0.2) is 0 Å². The van der Waals surface area contributed by atoms with Crippen LogP contribution >= 0.6 is 0 Å². The first-order chi connectivity index (χ1) is 5.77. The highest BCUT2D eigenvalue weighted by Gasteiger charge is 1.94. The van der Waals surface area contributed by atoms with Crippen LogP contribution in [0.1, 0.15) is 65.7 Å². The normalized spacial score (nSPS) is 11.0. The predicted octanol–water partition coefficient (Wildman–Crippen LogP) is 4.60. The van der Waals surface area contributed by atoms with Crippen molar-refractivity contribution in [3.63, 3.8) is 0 Å². The molecule has 0 rings (SSSR count). The Labute approximate surface area is 78.8 Å². The molecule has 0 bridgehead atoms. The van der Waals surface area contributed by atoms with E-state index in [-0.39, 0.29) is 0 Å². The molecule has 0 aromatic heterocycles. The minimum atomic E-state index is 0.872. The lowest BCUT2D eigenvalue weighted by molar-refractivity contribution is 0.565. The molecule has 0 heterocycles. The largest absolute Gasteiger partial charge is 0.0654 e. The van der Waals surface area contributed by atoms with Gasteiger partial charge >= 0.3 is 0 Å². The van der Waals surface area contributed by atoms with Gasteiger partial charge in [-0.2, -0.15) is 0 Å². The molecule has 0 saturated carbocycles. The van der Waals surface area contributed by atoms with E-state index in [1.165, 1.54) is 44.9 Å². The van der Waals surface area contributed by atoms with Crippen molar-refractivity contribution in [3.8, 4) is 0 Å². The summed E-state index contributed by atoms with van der Waals surface area (Å²) in [4.78, 5) is 0. The van der Waals surface area contributed by atoms with Crippen LogP contribution in [0.3, 0.4) is 0 Å². The highest BCUT2D eigenvalue weighted by Crippen LogP contribution is 2.10. The maximum atomic E-state index is 2.47. The summed E-state index contributed by atoms with van der Waals surface area (Å²) in [6.45, 7) is 6.86. The third-order valence-electron chi connectivity index (χ3n) is 2.21. The van der Waals surface area contributed by atoms with E-state index in [0.29, 0.717) is 0 Å². The van der Waals surface area contributed by atoms with Crippen LogP contribution in [0.4, 0.5) is 0 Å². The minimum absolute atomic E-state index is 0.872. The molecule has 0 amide bonds. The molecular weight excluding hydrogens is 144 g/mol. The fourth-order valence-corrected chi connectivity index (χ4v) is 1.31. The summed E-state index contributed by atoms with van der Waals surface area (Å²) >= 11 is 0. The zero-order chi connectivity index (χ0) is 9.23. The summed E-state index contributed by atoms with van der Waals surface area (Å²) in [5.74, 6) is 0.872. The Balaban J connectivity index is 2.82. The van der Waals surface area contributed by atoms with Gasteiger partial charge in [-0.15, -0.1) is 0 Å². The average molecular weight is 169 g/mol. The Kier molecular flexibility index (Phi) is 9.09. The van der Waals surface area contributed by atoms with Gasteiger partial charge in [0.1, 0.15) is 0 Å². The quantitative estimate of drug-likeness (QED) is 0.466. The van der Waals surface area contributed by atoms with Gasteiger partial charge < -0.3 is 0 Å². The van der Waals surface area contributed by atoms with Gasteiger partial charge in [-0.3, -0.25) is 0 Å². The van der Waals surface area contributed by atoms with E-state index in [0.717, 1.165) is 5.92 Å². The third kappa shape index (κ3) is 10.0. The molecular formula is C12H25. The van der Waals surface area contributed by atoms with Crippen LogP contribution < -0.4 is 0 Å². The van der Waals surface area contributed by atoms with Crippen molar-refractivity contribution >= 4 is 0 Å². The van der Waals surface area contributed by atoms with E-state index in [4.69, 9.17) is 0 Å². The summed E-state index contributed by atoms with van der Waals surface area (Å²) in [6, 6.07) is 0. The lowest BCUT2D eigenvalue weighted by Crippen LogP contribution is -1.87. The van der Waals surface area contributed by atoms with E-state index in [1.54, 1.807) is 0 Å². The van der Waals surface area contributed by atoms with Crippen molar-refractivity contribution < 1.29 is 0 Å². The first-order valence-corrected chi connectivity index (χ1v) is 5.59. The van der Waals surface area contributed by atoms with E-state index >= 15 is 0 Å². The molecule has 1 radical (unpaired) electrons. The lowest BCUT2D eigenvalue weighted by atomic mass is 10.0. The molecule has 0 N–H and O–H groups in total. The second-order valence-corrected chi connectivity index (χ2v) is 4.11. The Hall–Kier alpha value is 0. The molecule has 12 heavy (non-hydrogen) atoms. The van der Waals surface area contributed by atoms with Gasteiger partial charge in [0.2, 0.25) is 0 Å². The number of rotatable bonds is 8. The van der Waals surface area contributed by atoms with Crippen LogP contribution in [-0.2, 0) is 0 Å². The highest BCUT2D eigenvalue weighted by atomic mass is 14.0. The van der Waals surface area contributed by atoms with Gasteiger partial charge in [-0.1, -0.05) is 59.3 Å². The summed E-state index contributed by atoms with van der Waals surface area (Å²) in [5.41, 5.74) is 0. The van der Waals surface area contributed by atoms with Crippen LogP contribution in [0.5, 0.6) is 0 Å². The molecule has 0 aliphatic carbocycles. The lowest BCUT2D eigenvalue weighted by Gasteiger charge is -2.03. The Morgan fingerprint density at radius 1 is 1.00 bits per heavy atom. The van der Waals surface area contributed by atoms with Gasteiger partial charge in [-0.25, -0.2) is 0 Å². The van der Waals surface area contributed by atoms with Crippen LogP contribution in [0, 0.1) is 12.3 Å². The monoisotopic (exact) mass is 169 g/mol. The summed E-state index contributed by atoms with van der Waals surface area (Å²) < 4.78 is 0. The van der Waals surface area contributed by atoms with Gasteiger partial charge in [0, 0.05) is 0 Å². The molecule has 0 fully saturated rings. The first-order valence-electron chi connectivity index (χ1n) is 5.59. The predicted molar refractivity (Wildman–Crippen MR) is 57.1 cm³/mol. The molecule has 0 nitrogen and oxygen atoms in total. The second kappa shape index (κ2) is 9.09. The molecule has 0 atom stereocenters. The maximum Gasteiger partial charge on any atom is -0.0386 e. The number of hydrogen-bond donors (Lipinski definition) is 0. The summed E-state index contributed by atoms with van der Waals surface area (Å²) in [6.07, 6.45) is 12.1. The summed E-state index contributed by atoms with van der Waals surface area (Å²) in [7, 11) is 0. The zero-order valence-electron chi connectivity index (χ0n) is 9.10. The van der Waals surface area contributed by atoms with E-state index in [9.17, 15) is 0 Å². The zero-order valence-corrected chi connectivity index (χ0v) is 9.10.